The molecule has 102 valence electrons. The van der Waals surface area contributed by atoms with Gasteiger partial charge in [0.2, 0.25) is 0 Å². The molecule has 0 bridgehead atoms. The Balaban J connectivity index is 3.13. The van der Waals surface area contributed by atoms with Crippen molar-refractivity contribution in [2.75, 3.05) is 0 Å². The molecule has 0 saturated heterocycles. The summed E-state index contributed by atoms with van der Waals surface area (Å²) in [6.07, 6.45) is 10.8. The molecule has 1 atom stereocenters. The number of carbonyl (C=O) groups excluding carboxylic acids is 1. The summed E-state index contributed by atoms with van der Waals surface area (Å²) in [6.45, 7) is 2.21. The van der Waals surface area contributed by atoms with Crippen molar-refractivity contribution in [2.45, 2.75) is 71.1 Å². The minimum Gasteiger partial charge on any atom is -0.343 e. The largest absolute Gasteiger partial charge is 0.360 e. The quantitative estimate of drug-likeness (QED) is 0.457. The van der Waals surface area contributed by atoms with E-state index in [9.17, 15) is 9.00 Å². The standard InChI is InChI=1S/C12H24O4S/c1-2-3-4-5-6-7-8-9-10-11-12(13)16-17(14)15/h2-11H2,1H3,(H,14,15). The molecule has 0 rings (SSSR count). The molecular weight excluding hydrogens is 240 g/mol. The highest BCUT2D eigenvalue weighted by molar-refractivity contribution is 7.74. The van der Waals surface area contributed by atoms with Gasteiger partial charge in [-0.3, -0.25) is 9.35 Å². The second-order valence-corrected chi connectivity index (χ2v) is 4.85. The molecule has 17 heavy (non-hydrogen) atoms. The minimum atomic E-state index is -2.46. The second kappa shape index (κ2) is 12.0. The fourth-order valence-corrected chi connectivity index (χ4v) is 1.94. The second-order valence-electron chi connectivity index (χ2n) is 4.25. The molecule has 0 aliphatic heterocycles. The van der Waals surface area contributed by atoms with Crippen LogP contribution in [-0.4, -0.2) is 14.7 Å². The van der Waals surface area contributed by atoms with E-state index in [0.717, 1.165) is 19.3 Å². The fraction of sp³-hybridized carbons (Fsp3) is 0.917. The third kappa shape index (κ3) is 13.5. The topological polar surface area (TPSA) is 63.6 Å². The molecule has 4 nitrogen and oxygen atoms in total. The maximum absolute atomic E-state index is 10.9. The van der Waals surface area contributed by atoms with Crippen LogP contribution in [0.25, 0.3) is 0 Å². The van der Waals surface area contributed by atoms with E-state index in [1.54, 1.807) is 0 Å². The van der Waals surface area contributed by atoms with Crippen molar-refractivity contribution < 1.29 is 17.7 Å². The highest BCUT2D eigenvalue weighted by Gasteiger charge is 2.05. The van der Waals surface area contributed by atoms with Crippen molar-refractivity contribution in [1.82, 2.24) is 0 Å². The number of unbranched alkanes of at least 4 members (excludes halogenated alkanes) is 8. The SMILES string of the molecule is CCCCCCCCCCCC(=O)OS(=O)O. The van der Waals surface area contributed by atoms with Crippen LogP contribution in [0.1, 0.15) is 71.1 Å². The van der Waals surface area contributed by atoms with E-state index < -0.39 is 17.3 Å². The fourth-order valence-electron chi connectivity index (χ4n) is 1.70. The first kappa shape index (κ1) is 16.6. The molecular formula is C12H24O4S. The lowest BCUT2D eigenvalue weighted by atomic mass is 10.1. The van der Waals surface area contributed by atoms with Gasteiger partial charge in [-0.2, -0.15) is 4.21 Å². The van der Waals surface area contributed by atoms with Crippen LogP contribution in [0, 0.1) is 0 Å². The minimum absolute atomic E-state index is 0.238. The molecule has 0 spiro atoms. The lowest BCUT2D eigenvalue weighted by Crippen LogP contribution is -2.05. The van der Waals surface area contributed by atoms with E-state index in [1.165, 1.54) is 38.5 Å². The Bertz CT molecular complexity index is 219. The van der Waals surface area contributed by atoms with Crippen molar-refractivity contribution in [2.24, 2.45) is 0 Å². The van der Waals surface area contributed by atoms with E-state index in [4.69, 9.17) is 4.55 Å². The highest BCUT2D eigenvalue weighted by Crippen LogP contribution is 2.10. The molecule has 0 amide bonds. The monoisotopic (exact) mass is 264 g/mol. The molecule has 0 fully saturated rings. The molecule has 0 heterocycles. The van der Waals surface area contributed by atoms with Gasteiger partial charge in [0.25, 0.3) is 0 Å². The summed E-state index contributed by atoms with van der Waals surface area (Å²) < 4.78 is 22.5. The summed E-state index contributed by atoms with van der Waals surface area (Å²) in [7, 11) is 0. The summed E-state index contributed by atoms with van der Waals surface area (Å²) in [6, 6.07) is 0. The van der Waals surface area contributed by atoms with Gasteiger partial charge in [0.05, 0.1) is 0 Å². The predicted octanol–water partition coefficient (Wildman–Crippen LogP) is 3.59. The molecule has 0 saturated carbocycles. The Morgan fingerprint density at radius 1 is 1.00 bits per heavy atom. The van der Waals surface area contributed by atoms with E-state index >= 15 is 0 Å². The number of carbonyl (C=O) groups is 1. The molecule has 0 aromatic rings. The molecule has 0 radical (unpaired) electrons. The summed E-state index contributed by atoms with van der Waals surface area (Å²) >= 11 is -2.46. The van der Waals surface area contributed by atoms with Gasteiger partial charge in [-0.25, -0.2) is 0 Å². The Morgan fingerprint density at radius 3 is 1.94 bits per heavy atom. The predicted molar refractivity (Wildman–Crippen MR) is 68.7 cm³/mol. The van der Waals surface area contributed by atoms with Crippen LogP contribution in [-0.2, 0) is 20.3 Å². The van der Waals surface area contributed by atoms with Crippen LogP contribution in [0.2, 0.25) is 0 Å². The van der Waals surface area contributed by atoms with Crippen LogP contribution in [0.5, 0.6) is 0 Å². The van der Waals surface area contributed by atoms with Crippen molar-refractivity contribution in [3.8, 4) is 0 Å². The van der Waals surface area contributed by atoms with Crippen LogP contribution in [0.4, 0.5) is 0 Å². The Morgan fingerprint density at radius 2 is 1.47 bits per heavy atom. The zero-order chi connectivity index (χ0) is 12.9. The van der Waals surface area contributed by atoms with Crippen LogP contribution in [0.15, 0.2) is 0 Å². The van der Waals surface area contributed by atoms with E-state index in [1.807, 2.05) is 0 Å². The molecule has 1 N–H and O–H groups in total. The van der Waals surface area contributed by atoms with Crippen LogP contribution >= 0.6 is 0 Å². The van der Waals surface area contributed by atoms with E-state index in [0.29, 0.717) is 0 Å². The number of hydrogen-bond donors (Lipinski definition) is 1. The van der Waals surface area contributed by atoms with Gasteiger partial charge in [0.1, 0.15) is 0 Å². The van der Waals surface area contributed by atoms with Gasteiger partial charge in [-0.05, 0) is 6.42 Å². The third-order valence-corrected chi connectivity index (χ3v) is 2.98. The third-order valence-electron chi connectivity index (χ3n) is 2.65. The van der Waals surface area contributed by atoms with Gasteiger partial charge >= 0.3 is 17.3 Å². The average Bonchev–Trinajstić information content (AvgIpc) is 2.26. The molecule has 0 aliphatic rings. The van der Waals surface area contributed by atoms with E-state index in [-0.39, 0.29) is 6.42 Å². The lowest BCUT2D eigenvalue weighted by molar-refractivity contribution is -0.134. The molecule has 0 aromatic heterocycles. The molecule has 5 heteroatoms. The first-order valence-electron chi connectivity index (χ1n) is 6.48. The Labute approximate surface area is 107 Å². The van der Waals surface area contributed by atoms with Crippen LogP contribution < -0.4 is 0 Å². The normalized spacial score (nSPS) is 12.4. The average molecular weight is 264 g/mol. The van der Waals surface area contributed by atoms with E-state index in [2.05, 4.69) is 11.1 Å². The molecule has 0 aromatic carbocycles. The number of rotatable bonds is 11. The van der Waals surface area contributed by atoms with Crippen molar-refractivity contribution in [1.29, 1.82) is 0 Å². The van der Waals surface area contributed by atoms with Gasteiger partial charge in [0.15, 0.2) is 0 Å². The van der Waals surface area contributed by atoms with Crippen LogP contribution in [0.3, 0.4) is 0 Å². The first-order chi connectivity index (χ1) is 8.16. The molecule has 1 unspecified atom stereocenters. The van der Waals surface area contributed by atoms with Crippen molar-refractivity contribution >= 4 is 17.3 Å². The highest BCUT2D eigenvalue weighted by atomic mass is 32.2. The van der Waals surface area contributed by atoms with Gasteiger partial charge < -0.3 is 4.18 Å². The smallest absolute Gasteiger partial charge is 0.343 e. The maximum atomic E-state index is 10.9. The van der Waals surface area contributed by atoms with Crippen molar-refractivity contribution in [3.05, 3.63) is 0 Å². The summed E-state index contributed by atoms with van der Waals surface area (Å²) in [5, 5.41) is 0. The number of hydrogen-bond acceptors (Lipinski definition) is 3. The summed E-state index contributed by atoms with van der Waals surface area (Å²) in [4.78, 5) is 10.9. The first-order valence-corrected chi connectivity index (χ1v) is 7.52. The van der Waals surface area contributed by atoms with Crippen molar-refractivity contribution in [3.63, 3.8) is 0 Å². The Hall–Kier alpha value is -0.420. The Kier molecular flexibility index (Phi) is 11.8. The zero-order valence-electron chi connectivity index (χ0n) is 10.7. The summed E-state index contributed by atoms with van der Waals surface area (Å²) in [5.74, 6) is -0.589. The van der Waals surface area contributed by atoms with Gasteiger partial charge in [-0.15, -0.1) is 0 Å². The lowest BCUT2D eigenvalue weighted by Gasteiger charge is -2.01. The molecule has 0 aliphatic carbocycles. The van der Waals surface area contributed by atoms with Gasteiger partial charge in [0, 0.05) is 6.42 Å². The maximum Gasteiger partial charge on any atom is 0.360 e. The zero-order valence-corrected chi connectivity index (χ0v) is 11.5. The summed E-state index contributed by atoms with van der Waals surface area (Å²) in [5.41, 5.74) is 0. The van der Waals surface area contributed by atoms with Gasteiger partial charge in [-0.1, -0.05) is 58.3 Å².